The summed E-state index contributed by atoms with van der Waals surface area (Å²) < 4.78 is 0. The van der Waals surface area contributed by atoms with E-state index >= 15 is 0 Å². The topological polar surface area (TPSA) is 23.8 Å². The van der Waals surface area contributed by atoms with Crippen LogP contribution in [-0.2, 0) is 0 Å². The summed E-state index contributed by atoms with van der Waals surface area (Å²) in [4.78, 5) is 0. The molecule has 0 bridgehead atoms. The maximum Gasteiger partial charge on any atom is 0.137 e. The summed E-state index contributed by atoms with van der Waals surface area (Å²) in [5.41, 5.74) is 0. The second-order valence-corrected chi connectivity index (χ2v) is 1.13. The van der Waals surface area contributed by atoms with E-state index in [0.717, 1.165) is 11.8 Å². The lowest BCUT2D eigenvalue weighted by molar-refractivity contribution is 1.57. The van der Waals surface area contributed by atoms with Crippen molar-refractivity contribution in [1.82, 2.24) is 0 Å². The molecule has 0 aliphatic heterocycles. The summed E-state index contributed by atoms with van der Waals surface area (Å²) in [6.45, 7) is 3.29. The quantitative estimate of drug-likeness (QED) is 0.449. The molecule has 0 aromatic rings. The first-order valence-electron chi connectivity index (χ1n) is 1.07. The molecule has 0 saturated heterocycles. The SMILES string of the molecule is C=CSC#N. The first-order valence-corrected chi connectivity index (χ1v) is 1.95. The predicted octanol–water partition coefficient (Wildman–Crippen LogP) is 1.34. The number of nitriles is 1. The highest BCUT2D eigenvalue weighted by Gasteiger charge is 1.57. The second-order valence-electron chi connectivity index (χ2n) is 0.376. The van der Waals surface area contributed by atoms with E-state index in [9.17, 15) is 0 Å². The van der Waals surface area contributed by atoms with Gasteiger partial charge in [0, 0.05) is 0 Å². The minimum absolute atomic E-state index is 1.03. The van der Waals surface area contributed by atoms with Gasteiger partial charge in [-0.05, 0) is 17.2 Å². The van der Waals surface area contributed by atoms with Crippen molar-refractivity contribution in [2.75, 3.05) is 0 Å². The van der Waals surface area contributed by atoms with Gasteiger partial charge in [-0.2, -0.15) is 5.26 Å². The van der Waals surface area contributed by atoms with Crippen LogP contribution in [0.4, 0.5) is 0 Å². The fourth-order valence-corrected chi connectivity index (χ4v) is 0.112. The zero-order valence-electron chi connectivity index (χ0n) is 2.64. The molecule has 5 heavy (non-hydrogen) atoms. The van der Waals surface area contributed by atoms with Crippen LogP contribution >= 0.6 is 11.8 Å². The van der Waals surface area contributed by atoms with Crippen LogP contribution in [0.2, 0.25) is 0 Å². The Morgan fingerprint density at radius 1 is 2.00 bits per heavy atom. The lowest BCUT2D eigenvalue weighted by Gasteiger charge is -1.55. The van der Waals surface area contributed by atoms with Crippen molar-refractivity contribution in [3.05, 3.63) is 12.0 Å². The maximum atomic E-state index is 7.71. The Bertz CT molecular complexity index is 61.8. The van der Waals surface area contributed by atoms with Gasteiger partial charge in [0.15, 0.2) is 0 Å². The second kappa shape index (κ2) is 3.58. The molecule has 0 aromatic heterocycles. The Labute approximate surface area is 35.3 Å². The van der Waals surface area contributed by atoms with Crippen LogP contribution in [0.3, 0.4) is 0 Å². The van der Waals surface area contributed by atoms with Crippen LogP contribution in [0.1, 0.15) is 0 Å². The van der Waals surface area contributed by atoms with Gasteiger partial charge < -0.3 is 0 Å². The molecule has 26 valence electrons. The molecule has 0 heterocycles. The van der Waals surface area contributed by atoms with Gasteiger partial charge in [0.25, 0.3) is 0 Å². The van der Waals surface area contributed by atoms with Crippen LogP contribution in [0.25, 0.3) is 0 Å². The summed E-state index contributed by atoms with van der Waals surface area (Å²) in [5, 5.41) is 11.0. The largest absolute Gasteiger partial charge is 0.185 e. The van der Waals surface area contributed by atoms with Gasteiger partial charge in [0.2, 0.25) is 0 Å². The van der Waals surface area contributed by atoms with Crippen LogP contribution in [0.15, 0.2) is 12.0 Å². The fraction of sp³-hybridized carbons (Fsp3) is 0. The standard InChI is InChI=1S/C3H3NS/c1-2-5-3-4/h2H,1H2. The Balaban J connectivity index is 2.75. The van der Waals surface area contributed by atoms with Gasteiger partial charge in [-0.25, -0.2) is 0 Å². The third-order valence-corrected chi connectivity index (χ3v) is 0.408. The Hall–Kier alpha value is -0.420. The van der Waals surface area contributed by atoms with E-state index in [2.05, 4.69) is 6.58 Å². The van der Waals surface area contributed by atoms with Crippen molar-refractivity contribution in [3.8, 4) is 5.40 Å². The molecule has 2 heteroatoms. The molecule has 0 radical (unpaired) electrons. The van der Waals surface area contributed by atoms with E-state index in [1.165, 1.54) is 5.41 Å². The Morgan fingerprint density at radius 2 is 2.60 bits per heavy atom. The number of rotatable bonds is 1. The first-order chi connectivity index (χ1) is 2.41. The van der Waals surface area contributed by atoms with Gasteiger partial charge in [-0.3, -0.25) is 0 Å². The van der Waals surface area contributed by atoms with Crippen LogP contribution in [-0.4, -0.2) is 0 Å². The molecule has 0 saturated carbocycles. The van der Waals surface area contributed by atoms with E-state index in [1.807, 2.05) is 5.40 Å². The number of hydrogen-bond acceptors (Lipinski definition) is 2. The number of nitrogens with zero attached hydrogens (tertiary/aromatic N) is 1. The van der Waals surface area contributed by atoms with Gasteiger partial charge >= 0.3 is 0 Å². The average Bonchev–Trinajstić information content (AvgIpc) is 1.41. The fourth-order valence-electron chi connectivity index (χ4n) is 0.0373. The first kappa shape index (κ1) is 4.58. The minimum atomic E-state index is 1.03. The predicted molar refractivity (Wildman–Crippen MR) is 23.4 cm³/mol. The van der Waals surface area contributed by atoms with Crippen molar-refractivity contribution in [3.63, 3.8) is 0 Å². The summed E-state index contributed by atoms with van der Waals surface area (Å²) in [6, 6.07) is 0. The van der Waals surface area contributed by atoms with E-state index in [4.69, 9.17) is 5.26 Å². The van der Waals surface area contributed by atoms with Crippen LogP contribution in [0, 0.1) is 10.7 Å². The zero-order valence-corrected chi connectivity index (χ0v) is 3.46. The molecule has 0 rings (SSSR count). The summed E-state index contributed by atoms with van der Waals surface area (Å²) in [7, 11) is 0. The summed E-state index contributed by atoms with van der Waals surface area (Å²) in [6.07, 6.45) is 0. The zero-order chi connectivity index (χ0) is 4.12. The average molecular weight is 85.1 g/mol. The van der Waals surface area contributed by atoms with Gasteiger partial charge in [0.1, 0.15) is 5.40 Å². The van der Waals surface area contributed by atoms with Gasteiger partial charge in [0.05, 0.1) is 0 Å². The third-order valence-electron chi connectivity index (χ3n) is 0.136. The molecular weight excluding hydrogens is 82.1 g/mol. The molecule has 0 unspecified atom stereocenters. The van der Waals surface area contributed by atoms with E-state index < -0.39 is 0 Å². The molecule has 1 nitrogen and oxygen atoms in total. The molecule has 0 aliphatic carbocycles. The highest BCUT2D eigenvalue weighted by atomic mass is 32.2. The highest BCUT2D eigenvalue weighted by molar-refractivity contribution is 8.06. The molecule has 0 aromatic carbocycles. The molecule has 0 N–H and O–H groups in total. The normalized spacial score (nSPS) is 5.40. The van der Waals surface area contributed by atoms with Crippen molar-refractivity contribution in [2.24, 2.45) is 0 Å². The van der Waals surface area contributed by atoms with Crippen molar-refractivity contribution in [1.29, 1.82) is 5.26 Å². The van der Waals surface area contributed by atoms with E-state index in [0.29, 0.717) is 0 Å². The number of thiocyanates is 1. The highest BCUT2D eigenvalue weighted by Crippen LogP contribution is 1.91. The van der Waals surface area contributed by atoms with Crippen molar-refractivity contribution >= 4 is 11.8 Å². The Morgan fingerprint density at radius 3 is 2.60 bits per heavy atom. The lowest BCUT2D eigenvalue weighted by atomic mass is 11.3. The van der Waals surface area contributed by atoms with Gasteiger partial charge in [-0.1, -0.05) is 6.58 Å². The van der Waals surface area contributed by atoms with Crippen LogP contribution < -0.4 is 0 Å². The molecule has 0 spiro atoms. The lowest BCUT2D eigenvalue weighted by Crippen LogP contribution is -1.27. The van der Waals surface area contributed by atoms with E-state index in [-0.39, 0.29) is 0 Å². The van der Waals surface area contributed by atoms with E-state index in [1.54, 1.807) is 0 Å². The smallest absolute Gasteiger partial charge is 0.137 e. The Kier molecular flexibility index (Phi) is 3.28. The summed E-state index contributed by atoms with van der Waals surface area (Å²) in [5.74, 6) is 0. The molecule has 0 amide bonds. The molecular formula is C3H3NS. The third kappa shape index (κ3) is 3.58. The van der Waals surface area contributed by atoms with Crippen LogP contribution in [0.5, 0.6) is 0 Å². The minimum Gasteiger partial charge on any atom is -0.185 e. The maximum absolute atomic E-state index is 7.71. The molecule has 0 atom stereocenters. The molecule has 0 fully saturated rings. The van der Waals surface area contributed by atoms with Crippen molar-refractivity contribution in [2.45, 2.75) is 0 Å². The monoisotopic (exact) mass is 85.0 g/mol. The van der Waals surface area contributed by atoms with Gasteiger partial charge in [-0.15, -0.1) is 0 Å². The molecule has 0 aliphatic rings. The number of thioether (sulfide) groups is 1. The van der Waals surface area contributed by atoms with Crippen molar-refractivity contribution < 1.29 is 0 Å². The number of hydrogen-bond donors (Lipinski definition) is 0. The summed E-state index contributed by atoms with van der Waals surface area (Å²) >= 11 is 1.03.